The van der Waals surface area contributed by atoms with Crippen molar-refractivity contribution in [2.24, 2.45) is 0 Å². The lowest BCUT2D eigenvalue weighted by Crippen LogP contribution is -1.90. The summed E-state index contributed by atoms with van der Waals surface area (Å²) in [5.74, 6) is 0.826. The number of methoxy groups -OCH3 is 2. The largest absolute Gasteiger partial charge is 0.502 e. The van der Waals surface area contributed by atoms with Crippen LogP contribution < -0.4 is 0 Å². The zero-order valence-electron chi connectivity index (χ0n) is 6.14. The molecule has 0 saturated carbocycles. The van der Waals surface area contributed by atoms with E-state index in [9.17, 15) is 0 Å². The van der Waals surface area contributed by atoms with Gasteiger partial charge in [0.25, 0.3) is 0 Å². The smallest absolute Gasteiger partial charge is 0.0884 e. The minimum Gasteiger partial charge on any atom is -0.502 e. The van der Waals surface area contributed by atoms with E-state index < -0.39 is 0 Å². The zero-order valence-corrected chi connectivity index (χ0v) is 6.14. The van der Waals surface area contributed by atoms with Gasteiger partial charge in [0.1, 0.15) is 0 Å². The number of hydrogen-bond donors (Lipinski definition) is 0. The first kappa shape index (κ1) is 8.50. The average molecular weight is 130 g/mol. The fourth-order valence-electron chi connectivity index (χ4n) is 0.516. The van der Waals surface area contributed by atoms with Crippen LogP contribution in [0.4, 0.5) is 0 Å². The van der Waals surface area contributed by atoms with Gasteiger partial charge in [-0.25, -0.2) is 0 Å². The summed E-state index contributed by atoms with van der Waals surface area (Å²) in [6.07, 6.45) is 1.88. The van der Waals surface area contributed by atoms with Gasteiger partial charge >= 0.3 is 0 Å². The van der Waals surface area contributed by atoms with Gasteiger partial charge in [0.15, 0.2) is 0 Å². The molecule has 0 aromatic carbocycles. The number of hydrogen-bond acceptors (Lipinski definition) is 2. The lowest BCUT2D eigenvalue weighted by molar-refractivity contribution is 0.186. The lowest BCUT2D eigenvalue weighted by atomic mass is 10.3. The first-order valence-corrected chi connectivity index (χ1v) is 3.02. The van der Waals surface area contributed by atoms with E-state index >= 15 is 0 Å². The molecule has 0 spiro atoms. The summed E-state index contributed by atoms with van der Waals surface area (Å²) in [6, 6.07) is 0. The molecule has 0 aliphatic heterocycles. The van der Waals surface area contributed by atoms with Crippen LogP contribution in [0.5, 0.6) is 0 Å². The highest BCUT2D eigenvalue weighted by molar-refractivity contribution is 4.80. The Morgan fingerprint density at radius 3 is 2.56 bits per heavy atom. The topological polar surface area (TPSA) is 18.5 Å². The summed E-state index contributed by atoms with van der Waals surface area (Å²) in [4.78, 5) is 0. The van der Waals surface area contributed by atoms with E-state index in [1.165, 1.54) is 0 Å². The molecule has 2 heteroatoms. The SMILES string of the molecule is C=C(CCCOC)OC. The Morgan fingerprint density at radius 2 is 2.11 bits per heavy atom. The number of allylic oxidation sites excluding steroid dienone is 1. The van der Waals surface area contributed by atoms with Crippen LogP contribution in [-0.2, 0) is 9.47 Å². The van der Waals surface area contributed by atoms with Gasteiger partial charge in [-0.15, -0.1) is 0 Å². The van der Waals surface area contributed by atoms with Crippen molar-refractivity contribution in [3.05, 3.63) is 12.3 Å². The highest BCUT2D eigenvalue weighted by Crippen LogP contribution is 2.01. The van der Waals surface area contributed by atoms with E-state index in [-0.39, 0.29) is 0 Å². The molecule has 0 rings (SSSR count). The molecule has 2 nitrogen and oxygen atoms in total. The molecule has 0 aliphatic carbocycles. The van der Waals surface area contributed by atoms with Crippen molar-refractivity contribution in [1.29, 1.82) is 0 Å². The average Bonchev–Trinajstić information content (AvgIpc) is 1.89. The van der Waals surface area contributed by atoms with Crippen molar-refractivity contribution < 1.29 is 9.47 Å². The maximum Gasteiger partial charge on any atom is 0.0884 e. The first-order chi connectivity index (χ1) is 4.31. The van der Waals surface area contributed by atoms with Gasteiger partial charge in [-0.05, 0) is 6.42 Å². The van der Waals surface area contributed by atoms with Crippen molar-refractivity contribution in [3.8, 4) is 0 Å². The zero-order chi connectivity index (χ0) is 7.11. The molecule has 0 bridgehead atoms. The van der Waals surface area contributed by atoms with Crippen LogP contribution in [0.15, 0.2) is 12.3 Å². The van der Waals surface area contributed by atoms with E-state index in [0.29, 0.717) is 0 Å². The molecule has 0 saturated heterocycles. The van der Waals surface area contributed by atoms with E-state index in [4.69, 9.17) is 9.47 Å². The third-order valence-corrected chi connectivity index (χ3v) is 1.09. The Labute approximate surface area is 56.5 Å². The molecular formula is C7H14O2. The second kappa shape index (κ2) is 5.63. The summed E-state index contributed by atoms with van der Waals surface area (Å²) in [5.41, 5.74) is 0. The van der Waals surface area contributed by atoms with Crippen LogP contribution >= 0.6 is 0 Å². The van der Waals surface area contributed by atoms with Gasteiger partial charge in [0.05, 0.1) is 12.9 Å². The van der Waals surface area contributed by atoms with E-state index in [2.05, 4.69) is 6.58 Å². The molecule has 0 radical (unpaired) electrons. The maximum absolute atomic E-state index is 4.85. The number of rotatable bonds is 5. The van der Waals surface area contributed by atoms with Gasteiger partial charge in [0, 0.05) is 20.1 Å². The van der Waals surface area contributed by atoms with Gasteiger partial charge in [0.2, 0.25) is 0 Å². The quantitative estimate of drug-likeness (QED) is 0.415. The van der Waals surface area contributed by atoms with Crippen LogP contribution in [0, 0.1) is 0 Å². The van der Waals surface area contributed by atoms with Crippen LogP contribution in [0.25, 0.3) is 0 Å². The van der Waals surface area contributed by atoms with Crippen molar-refractivity contribution >= 4 is 0 Å². The molecule has 9 heavy (non-hydrogen) atoms. The van der Waals surface area contributed by atoms with Crippen molar-refractivity contribution in [1.82, 2.24) is 0 Å². The third kappa shape index (κ3) is 5.37. The molecule has 0 amide bonds. The highest BCUT2D eigenvalue weighted by Gasteiger charge is 1.90. The molecule has 0 unspecified atom stereocenters. The van der Waals surface area contributed by atoms with E-state index in [0.717, 1.165) is 25.2 Å². The van der Waals surface area contributed by atoms with Gasteiger partial charge in [-0.3, -0.25) is 0 Å². The molecular weight excluding hydrogens is 116 g/mol. The first-order valence-electron chi connectivity index (χ1n) is 3.02. The van der Waals surface area contributed by atoms with Crippen LogP contribution in [0.2, 0.25) is 0 Å². The monoisotopic (exact) mass is 130 g/mol. The van der Waals surface area contributed by atoms with E-state index in [1.807, 2.05) is 0 Å². The van der Waals surface area contributed by atoms with Crippen molar-refractivity contribution in [2.75, 3.05) is 20.8 Å². The second-order valence-electron chi connectivity index (χ2n) is 1.84. The Kier molecular flexibility index (Phi) is 5.32. The Balaban J connectivity index is 2.97. The molecule has 0 heterocycles. The van der Waals surface area contributed by atoms with Crippen molar-refractivity contribution in [2.45, 2.75) is 12.8 Å². The standard InChI is InChI=1S/C7H14O2/c1-7(9-3)5-4-6-8-2/h1,4-6H2,2-3H3. The molecule has 0 atom stereocenters. The fourth-order valence-corrected chi connectivity index (χ4v) is 0.516. The predicted octanol–water partition coefficient (Wildman–Crippen LogP) is 1.57. The summed E-state index contributed by atoms with van der Waals surface area (Å²) >= 11 is 0. The summed E-state index contributed by atoms with van der Waals surface area (Å²) < 4.78 is 9.69. The molecule has 0 N–H and O–H groups in total. The highest BCUT2D eigenvalue weighted by atomic mass is 16.5. The Morgan fingerprint density at radius 1 is 1.44 bits per heavy atom. The molecule has 0 fully saturated rings. The van der Waals surface area contributed by atoms with E-state index in [1.54, 1.807) is 14.2 Å². The van der Waals surface area contributed by atoms with Gasteiger partial charge < -0.3 is 9.47 Å². The molecule has 0 aliphatic rings. The van der Waals surface area contributed by atoms with Gasteiger partial charge in [-0.2, -0.15) is 0 Å². The minimum absolute atomic E-state index is 0.780. The van der Waals surface area contributed by atoms with Gasteiger partial charge in [-0.1, -0.05) is 6.58 Å². The lowest BCUT2D eigenvalue weighted by Gasteiger charge is -2.01. The summed E-state index contributed by atoms with van der Waals surface area (Å²) in [7, 11) is 3.32. The minimum atomic E-state index is 0.780. The van der Waals surface area contributed by atoms with Crippen LogP contribution in [-0.4, -0.2) is 20.8 Å². The summed E-state index contributed by atoms with van der Waals surface area (Å²) in [6.45, 7) is 4.45. The number of ether oxygens (including phenoxy) is 2. The maximum atomic E-state index is 4.85. The van der Waals surface area contributed by atoms with Crippen LogP contribution in [0.3, 0.4) is 0 Å². The third-order valence-electron chi connectivity index (χ3n) is 1.09. The predicted molar refractivity (Wildman–Crippen MR) is 37.3 cm³/mol. The molecule has 54 valence electrons. The fraction of sp³-hybridized carbons (Fsp3) is 0.714. The summed E-state index contributed by atoms with van der Waals surface area (Å²) in [5, 5.41) is 0. The Bertz CT molecular complexity index is 79.0. The van der Waals surface area contributed by atoms with Crippen LogP contribution in [0.1, 0.15) is 12.8 Å². The molecule has 0 aromatic rings. The Hall–Kier alpha value is -0.500. The molecule has 0 aromatic heterocycles. The van der Waals surface area contributed by atoms with Crippen molar-refractivity contribution in [3.63, 3.8) is 0 Å². The second-order valence-corrected chi connectivity index (χ2v) is 1.84. The normalized spacial score (nSPS) is 9.11.